The summed E-state index contributed by atoms with van der Waals surface area (Å²) in [5, 5.41) is 11.8. The Morgan fingerprint density at radius 1 is 1.44 bits per heavy atom. The van der Waals surface area contributed by atoms with Crippen molar-refractivity contribution in [2.75, 3.05) is 19.6 Å². The molecule has 1 fully saturated rings. The van der Waals surface area contributed by atoms with Crippen LogP contribution in [0.25, 0.3) is 0 Å². The summed E-state index contributed by atoms with van der Waals surface area (Å²) >= 11 is 0. The maximum absolute atomic E-state index is 8.71. The van der Waals surface area contributed by atoms with Crippen molar-refractivity contribution >= 4 is 5.84 Å². The first-order valence-corrected chi connectivity index (χ1v) is 7.20. The van der Waals surface area contributed by atoms with Crippen LogP contribution in [0.3, 0.4) is 0 Å². The van der Waals surface area contributed by atoms with E-state index in [2.05, 4.69) is 17.0 Å². The lowest BCUT2D eigenvalue weighted by atomic mass is 9.86. The van der Waals surface area contributed by atoms with Crippen molar-refractivity contribution in [1.82, 2.24) is 4.90 Å². The zero-order valence-corrected chi connectivity index (χ0v) is 12.2. The fraction of sp³-hybridized carbons (Fsp3) is 0.929. The Bertz CT molecular complexity index is 276. The lowest BCUT2D eigenvalue weighted by Crippen LogP contribution is -2.32. The Balaban J connectivity index is 2.16. The summed E-state index contributed by atoms with van der Waals surface area (Å²) in [7, 11) is 0. The molecule has 1 aliphatic heterocycles. The van der Waals surface area contributed by atoms with Gasteiger partial charge in [-0.15, -0.1) is 0 Å². The first-order chi connectivity index (χ1) is 8.49. The van der Waals surface area contributed by atoms with Gasteiger partial charge in [0.25, 0.3) is 0 Å². The van der Waals surface area contributed by atoms with Crippen molar-refractivity contribution in [3.05, 3.63) is 0 Å². The van der Waals surface area contributed by atoms with Crippen molar-refractivity contribution in [2.24, 2.45) is 22.2 Å². The molecule has 1 atom stereocenters. The quantitative estimate of drug-likeness (QED) is 0.242. The van der Waals surface area contributed by atoms with Gasteiger partial charge in [0, 0.05) is 12.0 Å². The Kier molecular flexibility index (Phi) is 5.93. The highest BCUT2D eigenvalue weighted by Gasteiger charge is 2.24. The molecule has 3 N–H and O–H groups in total. The van der Waals surface area contributed by atoms with E-state index in [0.29, 0.717) is 5.84 Å². The molecule has 0 radical (unpaired) electrons. The van der Waals surface area contributed by atoms with Crippen molar-refractivity contribution in [2.45, 2.75) is 52.9 Å². The average Bonchev–Trinajstić information content (AvgIpc) is 2.81. The SMILES string of the molecule is CCC1CCN(CCCCC(C)(C)C(N)=NO)C1. The minimum absolute atomic E-state index is 0.189. The summed E-state index contributed by atoms with van der Waals surface area (Å²) in [6.45, 7) is 10.1. The van der Waals surface area contributed by atoms with Gasteiger partial charge in [-0.25, -0.2) is 0 Å². The van der Waals surface area contributed by atoms with Crippen LogP contribution in [0.1, 0.15) is 52.9 Å². The summed E-state index contributed by atoms with van der Waals surface area (Å²) < 4.78 is 0. The van der Waals surface area contributed by atoms with Crippen molar-refractivity contribution in [3.8, 4) is 0 Å². The van der Waals surface area contributed by atoms with Crippen molar-refractivity contribution < 1.29 is 5.21 Å². The van der Waals surface area contributed by atoms with E-state index in [1.54, 1.807) is 0 Å². The Morgan fingerprint density at radius 2 is 2.17 bits per heavy atom. The maximum Gasteiger partial charge on any atom is 0.144 e. The number of oxime groups is 1. The van der Waals surface area contributed by atoms with Gasteiger partial charge in [-0.05, 0) is 38.3 Å². The second kappa shape index (κ2) is 6.98. The van der Waals surface area contributed by atoms with Crippen LogP contribution in [0, 0.1) is 11.3 Å². The third-order valence-corrected chi connectivity index (χ3v) is 4.27. The van der Waals surface area contributed by atoms with Crippen LogP contribution in [0.15, 0.2) is 5.16 Å². The number of likely N-dealkylation sites (tertiary alicyclic amines) is 1. The van der Waals surface area contributed by atoms with Crippen LogP contribution in [0.2, 0.25) is 0 Å². The van der Waals surface area contributed by atoms with Gasteiger partial charge in [0.15, 0.2) is 0 Å². The third-order valence-electron chi connectivity index (χ3n) is 4.27. The first-order valence-electron chi connectivity index (χ1n) is 7.20. The van der Waals surface area contributed by atoms with E-state index < -0.39 is 0 Å². The minimum atomic E-state index is -0.189. The molecule has 106 valence electrons. The standard InChI is InChI=1S/C14H29N3O/c1-4-12-7-10-17(11-12)9-6-5-8-14(2,3)13(15)16-18/h12,18H,4-11H2,1-3H3,(H2,15,16). The molecule has 1 rings (SSSR count). The highest BCUT2D eigenvalue weighted by molar-refractivity contribution is 5.85. The van der Waals surface area contributed by atoms with E-state index in [1.165, 1.54) is 38.9 Å². The van der Waals surface area contributed by atoms with Gasteiger partial charge in [0.2, 0.25) is 0 Å². The molecule has 4 nitrogen and oxygen atoms in total. The zero-order chi connectivity index (χ0) is 13.6. The summed E-state index contributed by atoms with van der Waals surface area (Å²) in [5.41, 5.74) is 5.49. The Hall–Kier alpha value is -0.770. The van der Waals surface area contributed by atoms with Gasteiger partial charge in [-0.1, -0.05) is 38.8 Å². The average molecular weight is 255 g/mol. The number of amidine groups is 1. The molecule has 0 bridgehead atoms. The molecule has 1 heterocycles. The van der Waals surface area contributed by atoms with Crippen LogP contribution in [0.5, 0.6) is 0 Å². The normalized spacial score (nSPS) is 22.6. The molecule has 0 aromatic rings. The molecule has 18 heavy (non-hydrogen) atoms. The Labute approximate surface area is 111 Å². The molecule has 0 amide bonds. The number of hydrogen-bond acceptors (Lipinski definition) is 3. The number of nitrogens with zero attached hydrogens (tertiary/aromatic N) is 2. The van der Waals surface area contributed by atoms with Crippen LogP contribution in [-0.4, -0.2) is 35.6 Å². The van der Waals surface area contributed by atoms with E-state index in [9.17, 15) is 0 Å². The fourth-order valence-corrected chi connectivity index (χ4v) is 2.61. The third kappa shape index (κ3) is 4.48. The molecule has 1 aliphatic rings. The smallest absolute Gasteiger partial charge is 0.144 e. The molecule has 1 saturated heterocycles. The van der Waals surface area contributed by atoms with Crippen molar-refractivity contribution in [1.29, 1.82) is 0 Å². The van der Waals surface area contributed by atoms with Crippen LogP contribution in [0.4, 0.5) is 0 Å². The summed E-state index contributed by atoms with van der Waals surface area (Å²) in [5.74, 6) is 1.26. The monoisotopic (exact) mass is 255 g/mol. The lowest BCUT2D eigenvalue weighted by Gasteiger charge is -2.23. The number of rotatable bonds is 7. The maximum atomic E-state index is 8.71. The van der Waals surface area contributed by atoms with E-state index in [0.717, 1.165) is 18.8 Å². The second-order valence-corrected chi connectivity index (χ2v) is 6.19. The number of unbranched alkanes of at least 4 members (excludes halogenated alkanes) is 1. The van der Waals surface area contributed by atoms with Crippen LogP contribution < -0.4 is 5.73 Å². The zero-order valence-electron chi connectivity index (χ0n) is 12.2. The minimum Gasteiger partial charge on any atom is -0.409 e. The van der Waals surface area contributed by atoms with E-state index in [4.69, 9.17) is 10.9 Å². The largest absolute Gasteiger partial charge is 0.409 e. The topological polar surface area (TPSA) is 61.8 Å². The highest BCUT2D eigenvalue weighted by atomic mass is 16.4. The van der Waals surface area contributed by atoms with E-state index in [1.807, 2.05) is 13.8 Å². The molecule has 0 spiro atoms. The van der Waals surface area contributed by atoms with Gasteiger partial charge in [0.05, 0.1) is 0 Å². The molecular weight excluding hydrogens is 226 g/mol. The fourth-order valence-electron chi connectivity index (χ4n) is 2.61. The van der Waals surface area contributed by atoms with Gasteiger partial charge in [-0.3, -0.25) is 0 Å². The van der Waals surface area contributed by atoms with Crippen LogP contribution >= 0.6 is 0 Å². The Morgan fingerprint density at radius 3 is 2.72 bits per heavy atom. The molecule has 0 aromatic heterocycles. The molecular formula is C14H29N3O. The van der Waals surface area contributed by atoms with E-state index >= 15 is 0 Å². The second-order valence-electron chi connectivity index (χ2n) is 6.19. The van der Waals surface area contributed by atoms with E-state index in [-0.39, 0.29) is 5.41 Å². The van der Waals surface area contributed by atoms with Gasteiger partial charge >= 0.3 is 0 Å². The molecule has 0 saturated carbocycles. The number of hydrogen-bond donors (Lipinski definition) is 2. The highest BCUT2D eigenvalue weighted by Crippen LogP contribution is 2.24. The first kappa shape index (κ1) is 15.3. The predicted molar refractivity (Wildman–Crippen MR) is 75.9 cm³/mol. The summed E-state index contributed by atoms with van der Waals surface area (Å²) in [6.07, 6.45) is 6.00. The van der Waals surface area contributed by atoms with Crippen LogP contribution in [-0.2, 0) is 0 Å². The molecule has 4 heteroatoms. The molecule has 0 aromatic carbocycles. The van der Waals surface area contributed by atoms with Gasteiger partial charge in [0.1, 0.15) is 5.84 Å². The molecule has 1 unspecified atom stereocenters. The summed E-state index contributed by atoms with van der Waals surface area (Å²) in [4.78, 5) is 2.57. The van der Waals surface area contributed by atoms with Crippen molar-refractivity contribution in [3.63, 3.8) is 0 Å². The number of nitrogens with two attached hydrogens (primary N) is 1. The summed E-state index contributed by atoms with van der Waals surface area (Å²) in [6, 6.07) is 0. The van der Waals surface area contributed by atoms with Gasteiger partial charge in [-0.2, -0.15) is 0 Å². The lowest BCUT2D eigenvalue weighted by molar-refractivity contribution is 0.294. The molecule has 0 aliphatic carbocycles. The van der Waals surface area contributed by atoms with Gasteiger partial charge < -0.3 is 15.8 Å². The predicted octanol–water partition coefficient (Wildman–Crippen LogP) is 2.66.